The van der Waals surface area contributed by atoms with Crippen LogP contribution in [-0.2, 0) is 4.79 Å². The van der Waals surface area contributed by atoms with E-state index in [2.05, 4.69) is 10.3 Å². The molecular formula is C12H13FN2O3. The van der Waals surface area contributed by atoms with Crippen molar-refractivity contribution in [1.29, 1.82) is 0 Å². The molecule has 2 atom stereocenters. The summed E-state index contributed by atoms with van der Waals surface area (Å²) in [6, 6.07) is 2.62. The summed E-state index contributed by atoms with van der Waals surface area (Å²) in [5, 5.41) is 11.5. The van der Waals surface area contributed by atoms with Crippen LogP contribution in [-0.4, -0.2) is 28.0 Å². The monoisotopic (exact) mass is 252 g/mol. The number of nitrogens with zero attached hydrogens (tertiary/aromatic N) is 1. The topological polar surface area (TPSA) is 79.3 Å². The van der Waals surface area contributed by atoms with Crippen LogP contribution in [0.2, 0.25) is 0 Å². The summed E-state index contributed by atoms with van der Waals surface area (Å²) in [5.41, 5.74) is -0.115. The quantitative estimate of drug-likeness (QED) is 0.792. The van der Waals surface area contributed by atoms with E-state index in [-0.39, 0.29) is 11.6 Å². The lowest BCUT2D eigenvalue weighted by molar-refractivity contribution is -0.141. The van der Waals surface area contributed by atoms with Gasteiger partial charge in [0.1, 0.15) is 0 Å². The SMILES string of the molecule is O=C(N[C@H]1CC[C@@H](C(=O)O)C1)c1cccnc1F. The second-order valence-corrected chi connectivity index (χ2v) is 4.36. The van der Waals surface area contributed by atoms with Crippen LogP contribution < -0.4 is 5.32 Å². The molecular weight excluding hydrogens is 239 g/mol. The van der Waals surface area contributed by atoms with Crippen LogP contribution in [0.15, 0.2) is 18.3 Å². The zero-order valence-corrected chi connectivity index (χ0v) is 9.60. The molecule has 0 aliphatic heterocycles. The number of nitrogens with one attached hydrogen (secondary N) is 1. The van der Waals surface area contributed by atoms with Crippen molar-refractivity contribution in [1.82, 2.24) is 10.3 Å². The van der Waals surface area contributed by atoms with Crippen LogP contribution >= 0.6 is 0 Å². The second-order valence-electron chi connectivity index (χ2n) is 4.36. The Kier molecular flexibility index (Phi) is 3.55. The number of rotatable bonds is 3. The normalized spacial score (nSPS) is 22.7. The van der Waals surface area contributed by atoms with Crippen LogP contribution in [0.1, 0.15) is 29.6 Å². The van der Waals surface area contributed by atoms with Gasteiger partial charge in [0.15, 0.2) is 0 Å². The van der Waals surface area contributed by atoms with Crippen molar-refractivity contribution in [3.05, 3.63) is 29.8 Å². The fourth-order valence-corrected chi connectivity index (χ4v) is 2.16. The number of pyridine rings is 1. The van der Waals surface area contributed by atoms with E-state index in [1.54, 1.807) is 0 Å². The number of carboxylic acids is 1. The fraction of sp³-hybridized carbons (Fsp3) is 0.417. The average molecular weight is 252 g/mol. The smallest absolute Gasteiger partial charge is 0.306 e. The number of aliphatic carboxylic acids is 1. The van der Waals surface area contributed by atoms with Crippen LogP contribution in [0, 0.1) is 11.9 Å². The van der Waals surface area contributed by atoms with E-state index >= 15 is 0 Å². The summed E-state index contributed by atoms with van der Waals surface area (Å²) in [4.78, 5) is 25.9. The summed E-state index contributed by atoms with van der Waals surface area (Å²) in [7, 11) is 0. The zero-order chi connectivity index (χ0) is 13.1. The predicted octanol–water partition coefficient (Wildman–Crippen LogP) is 1.20. The van der Waals surface area contributed by atoms with E-state index in [4.69, 9.17) is 5.11 Å². The van der Waals surface area contributed by atoms with Gasteiger partial charge in [-0.05, 0) is 31.4 Å². The molecule has 0 saturated heterocycles. The molecule has 0 spiro atoms. The molecule has 1 amide bonds. The van der Waals surface area contributed by atoms with E-state index in [1.165, 1.54) is 18.3 Å². The summed E-state index contributed by atoms with van der Waals surface area (Å²) >= 11 is 0. The number of halogens is 1. The zero-order valence-electron chi connectivity index (χ0n) is 9.60. The third kappa shape index (κ3) is 2.64. The standard InChI is InChI=1S/C12H13FN2O3/c13-10-9(2-1-5-14-10)11(16)15-8-4-3-7(6-8)12(17)18/h1-2,5,7-8H,3-4,6H2,(H,15,16)(H,17,18)/t7-,8+/m1/s1. The van der Waals surface area contributed by atoms with E-state index < -0.39 is 23.7 Å². The van der Waals surface area contributed by atoms with Crippen LogP contribution in [0.4, 0.5) is 4.39 Å². The largest absolute Gasteiger partial charge is 0.481 e. The van der Waals surface area contributed by atoms with Crippen molar-refractivity contribution in [3.63, 3.8) is 0 Å². The van der Waals surface area contributed by atoms with Crippen LogP contribution in [0.25, 0.3) is 0 Å². The van der Waals surface area contributed by atoms with Gasteiger partial charge in [0.05, 0.1) is 11.5 Å². The number of amides is 1. The number of carbonyl (C=O) groups is 2. The van der Waals surface area contributed by atoms with Gasteiger partial charge in [0.2, 0.25) is 5.95 Å². The number of aromatic nitrogens is 1. The highest BCUT2D eigenvalue weighted by molar-refractivity contribution is 5.94. The second kappa shape index (κ2) is 5.12. The number of carboxylic acid groups (broad SMARTS) is 1. The predicted molar refractivity (Wildman–Crippen MR) is 60.4 cm³/mol. The molecule has 2 N–H and O–H groups in total. The van der Waals surface area contributed by atoms with Crippen molar-refractivity contribution >= 4 is 11.9 Å². The molecule has 1 heterocycles. The van der Waals surface area contributed by atoms with Gasteiger partial charge in [-0.1, -0.05) is 0 Å². The highest BCUT2D eigenvalue weighted by Crippen LogP contribution is 2.25. The molecule has 0 bridgehead atoms. The minimum absolute atomic E-state index is 0.115. The van der Waals surface area contributed by atoms with Gasteiger partial charge in [-0.25, -0.2) is 4.98 Å². The van der Waals surface area contributed by atoms with E-state index in [9.17, 15) is 14.0 Å². The lowest BCUT2D eigenvalue weighted by Crippen LogP contribution is -2.34. The van der Waals surface area contributed by atoms with Gasteiger partial charge in [-0.2, -0.15) is 4.39 Å². The first kappa shape index (κ1) is 12.5. The summed E-state index contributed by atoms with van der Waals surface area (Å²) in [5.74, 6) is -2.63. The van der Waals surface area contributed by atoms with E-state index in [1.807, 2.05) is 0 Å². The number of hydrogen-bond donors (Lipinski definition) is 2. The van der Waals surface area contributed by atoms with Gasteiger partial charge in [0, 0.05) is 12.2 Å². The Hall–Kier alpha value is -1.98. The summed E-state index contributed by atoms with van der Waals surface area (Å²) in [6.45, 7) is 0. The van der Waals surface area contributed by atoms with Gasteiger partial charge in [-0.3, -0.25) is 9.59 Å². The molecule has 0 radical (unpaired) electrons. The molecule has 1 aliphatic carbocycles. The molecule has 2 rings (SSSR count). The molecule has 96 valence electrons. The minimum Gasteiger partial charge on any atom is -0.481 e. The van der Waals surface area contributed by atoms with Gasteiger partial charge >= 0.3 is 5.97 Å². The van der Waals surface area contributed by atoms with Crippen LogP contribution in [0.3, 0.4) is 0 Å². The molecule has 1 aromatic heterocycles. The minimum atomic E-state index is -0.848. The first-order chi connectivity index (χ1) is 8.58. The summed E-state index contributed by atoms with van der Waals surface area (Å²) in [6.07, 6.45) is 2.80. The third-order valence-electron chi connectivity index (χ3n) is 3.12. The molecule has 18 heavy (non-hydrogen) atoms. The Morgan fingerprint density at radius 1 is 1.44 bits per heavy atom. The lowest BCUT2D eigenvalue weighted by atomic mass is 10.1. The Bertz CT molecular complexity index is 478. The first-order valence-electron chi connectivity index (χ1n) is 5.72. The van der Waals surface area contributed by atoms with Crippen molar-refractivity contribution in [3.8, 4) is 0 Å². The number of hydrogen-bond acceptors (Lipinski definition) is 3. The molecule has 1 aliphatic rings. The number of carbonyl (C=O) groups excluding carboxylic acids is 1. The lowest BCUT2D eigenvalue weighted by Gasteiger charge is -2.12. The Labute approximate surface area is 103 Å². The molecule has 6 heteroatoms. The summed E-state index contributed by atoms with van der Waals surface area (Å²) < 4.78 is 13.3. The van der Waals surface area contributed by atoms with Gasteiger partial charge in [-0.15, -0.1) is 0 Å². The molecule has 5 nitrogen and oxygen atoms in total. The van der Waals surface area contributed by atoms with E-state index in [0.717, 1.165) is 0 Å². The Balaban J connectivity index is 1.97. The molecule has 1 fully saturated rings. The highest BCUT2D eigenvalue weighted by atomic mass is 19.1. The molecule has 0 aromatic carbocycles. The molecule has 0 unspecified atom stereocenters. The van der Waals surface area contributed by atoms with Gasteiger partial charge < -0.3 is 10.4 Å². The molecule has 1 saturated carbocycles. The Morgan fingerprint density at radius 3 is 2.83 bits per heavy atom. The van der Waals surface area contributed by atoms with Crippen molar-refractivity contribution in [2.45, 2.75) is 25.3 Å². The Morgan fingerprint density at radius 2 is 2.22 bits per heavy atom. The van der Waals surface area contributed by atoms with Gasteiger partial charge in [0.25, 0.3) is 5.91 Å². The van der Waals surface area contributed by atoms with Crippen molar-refractivity contribution < 1.29 is 19.1 Å². The first-order valence-corrected chi connectivity index (χ1v) is 5.72. The van der Waals surface area contributed by atoms with E-state index in [0.29, 0.717) is 19.3 Å². The average Bonchev–Trinajstić information content (AvgIpc) is 2.78. The maximum atomic E-state index is 13.3. The third-order valence-corrected chi connectivity index (χ3v) is 3.12. The molecule has 1 aromatic rings. The highest BCUT2D eigenvalue weighted by Gasteiger charge is 2.31. The maximum Gasteiger partial charge on any atom is 0.306 e. The fourth-order valence-electron chi connectivity index (χ4n) is 2.16. The van der Waals surface area contributed by atoms with Crippen LogP contribution in [0.5, 0.6) is 0 Å². The van der Waals surface area contributed by atoms with Crippen molar-refractivity contribution in [2.24, 2.45) is 5.92 Å². The van der Waals surface area contributed by atoms with Crippen molar-refractivity contribution in [2.75, 3.05) is 0 Å². The maximum absolute atomic E-state index is 13.3.